The molecule has 0 aliphatic carbocycles. The number of aliphatic hydroxyl groups is 2. The van der Waals surface area contributed by atoms with Gasteiger partial charge in [-0.15, -0.1) is 43.1 Å². The summed E-state index contributed by atoms with van der Waals surface area (Å²) < 4.78 is 38.0. The molecule has 19 rings (SSSR count). The maximum atomic E-state index is 13.4. The Morgan fingerprint density at radius 2 is 0.941 bits per heavy atom. The summed E-state index contributed by atoms with van der Waals surface area (Å²) in [7, 11) is 0. The minimum absolute atomic E-state index is 0.0490. The van der Waals surface area contributed by atoms with Gasteiger partial charge in [-0.05, 0) is 269 Å². The molecule has 0 fully saturated rings. The Balaban J connectivity index is 0.000000142. The second kappa shape index (κ2) is 40.1. The fourth-order valence-corrected chi connectivity index (χ4v) is 19.9. The van der Waals surface area contributed by atoms with E-state index in [0.29, 0.717) is 67.5 Å². The lowest BCUT2D eigenvalue weighted by Crippen LogP contribution is -2.25. The number of aliphatic imine (C=N–C) groups is 2. The molecule has 4 aromatic heterocycles. The van der Waals surface area contributed by atoms with E-state index in [4.69, 9.17) is 72.4 Å². The van der Waals surface area contributed by atoms with Gasteiger partial charge in [0.2, 0.25) is 5.91 Å². The van der Waals surface area contributed by atoms with Crippen LogP contribution in [0.1, 0.15) is 278 Å². The number of aliphatic carboxylic acids is 1. The number of amides is 1. The lowest BCUT2D eigenvalue weighted by molar-refractivity contribution is -0.154. The topological polar surface area (TPSA) is 377 Å². The summed E-state index contributed by atoms with van der Waals surface area (Å²) in [5.41, 5.74) is 20.4. The van der Waals surface area contributed by atoms with Crippen molar-refractivity contribution >= 4 is 164 Å². The van der Waals surface area contributed by atoms with E-state index in [0.717, 1.165) is 124 Å². The number of carbonyl (C=O) groups is 8. The number of hydrogen-bond donors (Lipinski definition) is 5. The Hall–Kier alpha value is -11.7. The second-order valence-electron chi connectivity index (χ2n) is 36.6. The Kier molecular flexibility index (Phi) is 30.0. The van der Waals surface area contributed by atoms with E-state index in [2.05, 4.69) is 101 Å². The van der Waals surface area contributed by atoms with Crippen molar-refractivity contribution in [2.75, 3.05) is 11.1 Å². The van der Waals surface area contributed by atoms with Crippen molar-refractivity contribution < 1.29 is 82.1 Å². The lowest BCUT2D eigenvalue weighted by atomic mass is 9.93. The van der Waals surface area contributed by atoms with Crippen LogP contribution in [0.25, 0.3) is 10.0 Å². The third kappa shape index (κ3) is 22.6. The zero-order valence-corrected chi connectivity index (χ0v) is 86.0. The first kappa shape index (κ1) is 102. The molecule has 2 atom stereocenters. The number of nitrogen functional groups attached to an aromatic ring is 1. The zero-order chi connectivity index (χ0) is 99.2. The van der Waals surface area contributed by atoms with Gasteiger partial charge < -0.3 is 54.8 Å². The van der Waals surface area contributed by atoms with Crippen molar-refractivity contribution in [3.8, 4) is 10.0 Å². The number of anilines is 2. The molecule has 136 heavy (non-hydrogen) atoms. The van der Waals surface area contributed by atoms with Crippen LogP contribution in [0.3, 0.4) is 0 Å². The molecular weight excluding hydrogens is 2010 g/mol. The van der Waals surface area contributed by atoms with Crippen molar-refractivity contribution in [3.63, 3.8) is 0 Å². The van der Waals surface area contributed by atoms with Crippen molar-refractivity contribution in [1.82, 2.24) is 29.5 Å². The quantitative estimate of drug-likeness (QED) is 0.0456. The van der Waals surface area contributed by atoms with E-state index >= 15 is 0 Å². The molecule has 6 N–H and O–H groups in total. The number of cyclic esters (lactones) is 5. The largest absolute Gasteiger partial charge is 0.481 e. The number of aliphatic hydroxyl groups excluding tert-OH is 1. The maximum Gasteiger partial charge on any atom is 0.339 e. The number of benzene rings is 8. The number of carboxylic acid groups (broad SMARTS) is 1. The maximum absolute atomic E-state index is 13.4. The van der Waals surface area contributed by atoms with Crippen molar-refractivity contribution in [1.29, 1.82) is 0 Å². The second-order valence-corrected chi connectivity index (χ2v) is 42.6. The molecule has 7 aliphatic rings. The summed E-state index contributed by atoms with van der Waals surface area (Å²) in [4.78, 5) is 107. The van der Waals surface area contributed by atoms with E-state index in [1.54, 1.807) is 103 Å². The summed E-state index contributed by atoms with van der Waals surface area (Å²) in [6, 6.07) is 46.2. The van der Waals surface area contributed by atoms with E-state index in [-0.39, 0.29) is 67.6 Å². The van der Waals surface area contributed by atoms with Gasteiger partial charge in [0.05, 0.1) is 70.7 Å². The number of aryl methyl sites for hydroxylation is 4. The first-order valence-electron chi connectivity index (χ1n) is 43.2. The van der Waals surface area contributed by atoms with Crippen LogP contribution in [0.2, 0.25) is 10.0 Å². The number of carbonyl (C=O) groups excluding carboxylic acids is 7. The minimum atomic E-state index is -0.926. The minimum Gasteiger partial charge on any atom is -0.481 e. The van der Waals surface area contributed by atoms with Crippen molar-refractivity contribution in [3.05, 3.63) is 320 Å². The Labute approximate surface area is 830 Å². The monoisotopic (exact) mass is 2110 g/mol. The van der Waals surface area contributed by atoms with Crippen molar-refractivity contribution in [2.45, 2.75) is 210 Å². The summed E-state index contributed by atoms with van der Waals surface area (Å²) in [6.45, 7) is 36.2. The van der Waals surface area contributed by atoms with Gasteiger partial charge in [0, 0.05) is 94.7 Å². The van der Waals surface area contributed by atoms with Crippen LogP contribution in [0.4, 0.5) is 11.4 Å². The number of rotatable bonds is 11. The van der Waals surface area contributed by atoms with Crippen LogP contribution in [-0.4, -0.2) is 110 Å². The number of hydrogen-bond acceptors (Lipinski definition) is 25. The number of esters is 6. The molecule has 0 bridgehead atoms. The number of halogens is 5. The zero-order valence-electron chi connectivity index (χ0n) is 78.1. The third-order valence-corrected chi connectivity index (χ3v) is 27.4. The number of nitrogens with two attached hydrogens (primary N) is 1. The first-order valence-corrected chi connectivity index (χ1v) is 47.9. The van der Waals surface area contributed by atoms with E-state index in [1.165, 1.54) is 9.75 Å². The van der Waals surface area contributed by atoms with Gasteiger partial charge in [-0.1, -0.05) is 120 Å². The van der Waals surface area contributed by atoms with Crippen molar-refractivity contribution in [2.24, 2.45) is 9.98 Å². The molecule has 0 saturated carbocycles. The highest BCUT2D eigenvalue weighted by Crippen LogP contribution is 2.46. The average Bonchev–Trinajstić information content (AvgIpc) is 1.59. The molecule has 8 aromatic carbocycles. The Morgan fingerprint density at radius 1 is 0.522 bits per heavy atom. The number of carboxylic acids is 1. The first-order chi connectivity index (χ1) is 63.7. The molecule has 11 heterocycles. The molecule has 27 nitrogen and oxygen atoms in total. The van der Waals surface area contributed by atoms with Crippen LogP contribution in [-0.2, 0) is 90.4 Å². The molecule has 12 aromatic rings. The molecule has 0 unspecified atom stereocenters. The molecule has 1 amide bonds. The SMILES string of the molecule is CC(C)(C)OC(=O)Cc1ccc2c(c1)C(C)(C)OC2=O.CC(C)(O)c1cc(Br)ccc1CO.CC1(C)OC(=O)c2ccc(Br)cc21.CC1(C)OC(=O)c2ccc(N)cc21.Cc1sc2c(c1C)C(c1ccc(Cl)cc1)=N[C@@H](CC(=O)Nc1ccc3c(c1)C(C)(C)OC3=O)c1nnc(C)n1-2.Cc1sc2c(c1C)C(c1ccc(Cl)cc1)=N[C@@H](CC(=O)O)c1nnc(C)n1-2.O=C1OCc2ccc(Br)cc21. The van der Waals surface area contributed by atoms with Crippen LogP contribution >= 0.6 is 93.7 Å². The van der Waals surface area contributed by atoms with Gasteiger partial charge in [0.25, 0.3) is 0 Å². The fraction of sp³-hybridized carbons (Fsp3) is 0.314. The molecule has 0 radical (unpaired) electrons. The van der Waals surface area contributed by atoms with Gasteiger partial charge in [0.1, 0.15) is 68.3 Å². The number of ether oxygens (including phenoxy) is 6. The normalized spacial score (nSPS) is 16.2. The molecule has 34 heteroatoms. The number of aromatic nitrogens is 6. The van der Waals surface area contributed by atoms with Gasteiger partial charge >= 0.3 is 41.8 Å². The van der Waals surface area contributed by atoms with E-state index < -0.39 is 51.7 Å². The highest BCUT2D eigenvalue weighted by Gasteiger charge is 2.43. The summed E-state index contributed by atoms with van der Waals surface area (Å²) in [5.74, 6) is -0.195. The Morgan fingerprint density at radius 3 is 1.41 bits per heavy atom. The predicted octanol–water partition coefficient (Wildman–Crippen LogP) is 22.3. The van der Waals surface area contributed by atoms with Gasteiger partial charge in [-0.3, -0.25) is 33.5 Å². The molecule has 0 saturated heterocycles. The molecule has 7 aliphatic heterocycles. The van der Waals surface area contributed by atoms with Crippen LogP contribution in [0, 0.1) is 41.5 Å². The smallest absolute Gasteiger partial charge is 0.339 e. The van der Waals surface area contributed by atoms with Crippen LogP contribution in [0.5, 0.6) is 0 Å². The highest BCUT2D eigenvalue weighted by molar-refractivity contribution is 9.11. The van der Waals surface area contributed by atoms with E-state index in [1.807, 2.05) is 190 Å². The number of thiophene rings is 2. The van der Waals surface area contributed by atoms with Crippen LogP contribution in [0.15, 0.2) is 181 Å². The van der Waals surface area contributed by atoms with Crippen LogP contribution < -0.4 is 11.1 Å². The average molecular weight is 2110 g/mol. The predicted molar refractivity (Wildman–Crippen MR) is 532 cm³/mol. The fourth-order valence-electron chi connectivity index (χ4n) is 16.2. The Bertz CT molecular complexity index is 6780. The number of nitrogens with zero attached hydrogens (tertiary/aromatic N) is 8. The van der Waals surface area contributed by atoms with Gasteiger partial charge in [0.15, 0.2) is 11.6 Å². The molecular formula is C102H101Br3Cl2N10O17S2. The number of fused-ring (bicyclic) bond motifs is 11. The molecule has 708 valence electrons. The summed E-state index contributed by atoms with van der Waals surface area (Å²) in [5, 5.41) is 51.7. The molecule has 0 spiro atoms. The lowest BCUT2D eigenvalue weighted by Gasteiger charge is -2.21. The summed E-state index contributed by atoms with van der Waals surface area (Å²) in [6.07, 6.45) is 0.0924. The number of nitrogens with one attached hydrogen (secondary N) is 1. The summed E-state index contributed by atoms with van der Waals surface area (Å²) >= 11 is 25.5. The van der Waals surface area contributed by atoms with E-state index in [9.17, 15) is 48.6 Å². The standard InChI is InChI=1S/C29H26ClN5O3S.C19H17ClN4O2S.C16H20O4.C10H9BrO2.C10H13BrO2.C10H11NO2.C8H5BrO2/c1-14-15(2)39-27-24(14)25(17-6-8-18(30)9-7-17)32-22(26-34-33-16(3)35(26)27)13-23(36)31-19-10-11-20-21(12-19)29(4,5)38-28(20)37;1-9-10(2)27-19-16(9)17(12-4-6-13(20)7-5-12)21-14(8-15(25)26)18-23-22-11(3)24(18)19;1-15(2,3)19-13(17)9-10-6-7-11-12(8-10)16(4,5)20-14(11)18;1-10(2)8-5-6(11)3-4-7(8)9(12)13-10;1-10(2,13)9-5-8(11)4-3-7(9)6-12;1-10(2)8-5-6(11)3-4-7(8)9(12)13-10;9-6-2-1-5-4-11-8(10)7(5)3-6/h6-12,22H,13H2,1-5H3,(H,31,36);4-7,14H,8H2,1-3H3,(H,25,26);6-8H,9H2,1-5H3;3-5H,1-2H3;3-5,12-13H,6H2,1-2H3;3-5H,11H2,1-2H3;1-3H,4H2/t22-;14-;;;;;/m00...../s1. The van der Waals surface area contributed by atoms with Gasteiger partial charge in [-0.25, -0.2) is 24.0 Å². The third-order valence-electron chi connectivity index (χ3n) is 23.1. The van der Waals surface area contributed by atoms with Gasteiger partial charge in [-0.2, -0.15) is 0 Å². The highest BCUT2D eigenvalue weighted by atomic mass is 79.9.